The van der Waals surface area contributed by atoms with Crippen molar-refractivity contribution in [1.82, 2.24) is 5.32 Å². The molecule has 0 radical (unpaired) electrons. The van der Waals surface area contributed by atoms with Gasteiger partial charge in [-0.25, -0.2) is 0 Å². The molecule has 21 heavy (non-hydrogen) atoms. The second kappa shape index (κ2) is 6.66. The van der Waals surface area contributed by atoms with Crippen LogP contribution in [0.5, 0.6) is 0 Å². The molecule has 0 aromatic carbocycles. The van der Waals surface area contributed by atoms with E-state index in [-0.39, 0.29) is 5.91 Å². The first-order chi connectivity index (χ1) is 10.2. The molecule has 1 amide bonds. The molecule has 3 aliphatic carbocycles. The largest absolute Gasteiger partial charge is 0.381 e. The Balaban J connectivity index is 1.42. The second-order valence-corrected chi connectivity index (χ2v) is 7.33. The van der Waals surface area contributed by atoms with Crippen molar-refractivity contribution < 1.29 is 9.53 Å². The lowest BCUT2D eigenvalue weighted by Gasteiger charge is -2.34. The van der Waals surface area contributed by atoms with E-state index in [2.05, 4.69) is 5.32 Å². The summed E-state index contributed by atoms with van der Waals surface area (Å²) >= 11 is 0. The van der Waals surface area contributed by atoms with Gasteiger partial charge < -0.3 is 15.8 Å². The molecule has 3 aliphatic rings. The van der Waals surface area contributed by atoms with Gasteiger partial charge in [-0.3, -0.25) is 4.79 Å². The van der Waals surface area contributed by atoms with Crippen molar-refractivity contribution in [1.29, 1.82) is 0 Å². The topological polar surface area (TPSA) is 64.4 Å². The molecule has 0 aromatic heterocycles. The Morgan fingerprint density at radius 2 is 1.86 bits per heavy atom. The maximum Gasteiger partial charge on any atom is 0.238 e. The van der Waals surface area contributed by atoms with E-state index in [0.717, 1.165) is 44.8 Å². The summed E-state index contributed by atoms with van der Waals surface area (Å²) in [5, 5.41) is 3.56. The third-order valence-corrected chi connectivity index (χ3v) is 5.81. The molecule has 3 saturated carbocycles. The van der Waals surface area contributed by atoms with E-state index in [4.69, 9.17) is 10.5 Å². The predicted octanol–water partition coefficient (Wildman–Crippen LogP) is 2.36. The van der Waals surface area contributed by atoms with Gasteiger partial charge in [-0.2, -0.15) is 0 Å². The Morgan fingerprint density at radius 1 is 1.10 bits per heavy atom. The molecule has 3 rings (SSSR count). The van der Waals surface area contributed by atoms with Crippen LogP contribution in [0.2, 0.25) is 0 Å². The zero-order valence-electron chi connectivity index (χ0n) is 13.1. The number of hydrogen-bond acceptors (Lipinski definition) is 3. The minimum absolute atomic E-state index is 0.147. The van der Waals surface area contributed by atoms with Crippen molar-refractivity contribution in [2.24, 2.45) is 17.6 Å². The molecule has 0 aliphatic heterocycles. The molecule has 0 saturated heterocycles. The number of hydrogen-bond donors (Lipinski definition) is 2. The molecule has 4 nitrogen and oxygen atoms in total. The number of amides is 1. The number of carbonyl (C=O) groups excluding carboxylic acids is 1. The van der Waals surface area contributed by atoms with Gasteiger partial charge in [-0.15, -0.1) is 0 Å². The summed E-state index contributed by atoms with van der Waals surface area (Å²) in [7, 11) is 0. The monoisotopic (exact) mass is 294 g/mol. The van der Waals surface area contributed by atoms with Crippen LogP contribution in [0.15, 0.2) is 0 Å². The van der Waals surface area contributed by atoms with Crippen LogP contribution in [0, 0.1) is 11.8 Å². The van der Waals surface area contributed by atoms with Crippen molar-refractivity contribution in [3.05, 3.63) is 0 Å². The maximum absolute atomic E-state index is 12.0. The van der Waals surface area contributed by atoms with E-state index in [1.165, 1.54) is 38.5 Å². The average molecular weight is 294 g/mol. The van der Waals surface area contributed by atoms with Gasteiger partial charge in [0.1, 0.15) is 5.54 Å². The van der Waals surface area contributed by atoms with Gasteiger partial charge in [-0.1, -0.05) is 25.7 Å². The summed E-state index contributed by atoms with van der Waals surface area (Å²) in [6.07, 6.45) is 11.9. The Hall–Kier alpha value is -0.610. The smallest absolute Gasteiger partial charge is 0.238 e. The minimum atomic E-state index is -0.446. The van der Waals surface area contributed by atoms with Crippen LogP contribution in [-0.2, 0) is 9.53 Å². The predicted molar refractivity (Wildman–Crippen MR) is 82.8 cm³/mol. The van der Waals surface area contributed by atoms with Crippen molar-refractivity contribution in [3.63, 3.8) is 0 Å². The normalized spacial score (nSPS) is 33.0. The molecule has 3 fully saturated rings. The maximum atomic E-state index is 12.0. The van der Waals surface area contributed by atoms with Gasteiger partial charge in [0.2, 0.25) is 5.91 Å². The molecule has 0 spiro atoms. The van der Waals surface area contributed by atoms with Gasteiger partial charge >= 0.3 is 0 Å². The first-order valence-corrected chi connectivity index (χ1v) is 8.86. The fourth-order valence-corrected chi connectivity index (χ4v) is 4.01. The Bertz CT molecular complexity index is 366. The lowest BCUT2D eigenvalue weighted by molar-refractivity contribution is -0.126. The van der Waals surface area contributed by atoms with Crippen LogP contribution in [0.3, 0.4) is 0 Å². The van der Waals surface area contributed by atoms with Crippen molar-refractivity contribution in [2.45, 2.75) is 75.8 Å². The Labute approximate surface area is 128 Å². The standard InChI is InChI=1S/C17H30N2O2/c18-16(20)17(19-15-6-7-15)10-2-5-14(17)9-12-21-11-8-13-3-1-4-13/h13-15,19H,1-12H2,(H2,18,20). The Morgan fingerprint density at radius 3 is 2.48 bits per heavy atom. The summed E-state index contributed by atoms with van der Waals surface area (Å²) < 4.78 is 5.82. The first-order valence-electron chi connectivity index (χ1n) is 8.86. The van der Waals surface area contributed by atoms with Crippen molar-refractivity contribution >= 4 is 5.91 Å². The van der Waals surface area contributed by atoms with Crippen LogP contribution < -0.4 is 11.1 Å². The molecule has 2 unspecified atom stereocenters. The van der Waals surface area contributed by atoms with Gasteiger partial charge in [-0.05, 0) is 50.4 Å². The summed E-state index contributed by atoms with van der Waals surface area (Å²) in [5.74, 6) is 1.13. The molecule has 4 heteroatoms. The number of rotatable bonds is 9. The van der Waals surface area contributed by atoms with Crippen molar-refractivity contribution in [2.75, 3.05) is 13.2 Å². The molecule has 0 bridgehead atoms. The van der Waals surface area contributed by atoms with E-state index in [1.54, 1.807) is 0 Å². The quantitative estimate of drug-likeness (QED) is 0.642. The van der Waals surface area contributed by atoms with Crippen molar-refractivity contribution in [3.8, 4) is 0 Å². The summed E-state index contributed by atoms with van der Waals surface area (Å²) in [5.41, 5.74) is 5.31. The number of nitrogens with two attached hydrogens (primary N) is 1. The molecule has 3 N–H and O–H groups in total. The third-order valence-electron chi connectivity index (χ3n) is 5.81. The zero-order chi connectivity index (χ0) is 14.7. The number of nitrogens with one attached hydrogen (secondary N) is 1. The molecule has 0 heterocycles. The van der Waals surface area contributed by atoms with Gasteiger partial charge in [0.15, 0.2) is 0 Å². The number of carbonyl (C=O) groups is 1. The highest BCUT2D eigenvalue weighted by Gasteiger charge is 2.49. The van der Waals surface area contributed by atoms with Crippen LogP contribution in [0.1, 0.15) is 64.2 Å². The van der Waals surface area contributed by atoms with E-state index in [9.17, 15) is 4.79 Å². The van der Waals surface area contributed by atoms with E-state index < -0.39 is 5.54 Å². The fourth-order valence-electron chi connectivity index (χ4n) is 4.01. The van der Waals surface area contributed by atoms with Gasteiger partial charge in [0, 0.05) is 19.3 Å². The van der Waals surface area contributed by atoms with Gasteiger partial charge in [0.05, 0.1) is 0 Å². The minimum Gasteiger partial charge on any atom is -0.381 e. The molecule has 2 atom stereocenters. The Kier molecular flexibility index (Phi) is 4.85. The number of ether oxygens (including phenoxy) is 1. The molecular weight excluding hydrogens is 264 g/mol. The lowest BCUT2D eigenvalue weighted by Crippen LogP contribution is -2.58. The molecule has 120 valence electrons. The lowest BCUT2D eigenvalue weighted by atomic mass is 9.83. The van der Waals surface area contributed by atoms with E-state index >= 15 is 0 Å². The SMILES string of the molecule is NC(=O)C1(NC2CC2)CCCC1CCOCCC1CCC1. The highest BCUT2D eigenvalue weighted by atomic mass is 16.5. The van der Waals surface area contributed by atoms with Crippen LogP contribution in [0.25, 0.3) is 0 Å². The van der Waals surface area contributed by atoms with E-state index in [1.807, 2.05) is 0 Å². The highest BCUT2D eigenvalue weighted by Crippen LogP contribution is 2.40. The van der Waals surface area contributed by atoms with Gasteiger partial charge in [0.25, 0.3) is 0 Å². The van der Waals surface area contributed by atoms with Crippen LogP contribution in [-0.4, -0.2) is 30.7 Å². The molecule has 0 aromatic rings. The first kappa shape index (κ1) is 15.3. The molecular formula is C17H30N2O2. The third kappa shape index (κ3) is 3.59. The highest BCUT2D eigenvalue weighted by molar-refractivity contribution is 5.85. The average Bonchev–Trinajstić information content (AvgIpc) is 3.11. The summed E-state index contributed by atoms with van der Waals surface area (Å²) in [4.78, 5) is 12.0. The second-order valence-electron chi connectivity index (χ2n) is 7.33. The van der Waals surface area contributed by atoms with Crippen LogP contribution in [0.4, 0.5) is 0 Å². The van der Waals surface area contributed by atoms with Crippen LogP contribution >= 0.6 is 0 Å². The zero-order valence-corrected chi connectivity index (χ0v) is 13.1. The van der Waals surface area contributed by atoms with E-state index in [0.29, 0.717) is 12.0 Å². The fraction of sp³-hybridized carbons (Fsp3) is 0.941. The number of primary amides is 1. The summed E-state index contributed by atoms with van der Waals surface area (Å²) in [6.45, 7) is 1.66. The summed E-state index contributed by atoms with van der Waals surface area (Å²) in [6, 6.07) is 0.526.